The van der Waals surface area contributed by atoms with E-state index in [2.05, 4.69) is 55.6 Å². The molecule has 0 fully saturated rings. The van der Waals surface area contributed by atoms with Crippen LogP contribution in [-0.4, -0.2) is 57.3 Å². The van der Waals surface area contributed by atoms with Crippen molar-refractivity contribution in [1.82, 2.24) is 5.32 Å². The monoisotopic (exact) mass is 874 g/mol. The molecule has 0 aliphatic rings. The number of carbonyl (C=O) groups excluding carboxylic acids is 1. The second-order valence-electron chi connectivity index (χ2n) is 18.9. The number of aliphatic hydroxyl groups is 4. The summed E-state index contributed by atoms with van der Waals surface area (Å²) in [5.74, 6) is -0.600. The second kappa shape index (κ2) is 50.5. The van der Waals surface area contributed by atoms with E-state index in [4.69, 9.17) is 0 Å². The lowest BCUT2D eigenvalue weighted by molar-refractivity contribution is -0.132. The summed E-state index contributed by atoms with van der Waals surface area (Å²) >= 11 is 0. The van der Waals surface area contributed by atoms with E-state index in [-0.39, 0.29) is 0 Å². The van der Waals surface area contributed by atoms with Crippen molar-refractivity contribution in [2.75, 3.05) is 6.61 Å². The van der Waals surface area contributed by atoms with Crippen molar-refractivity contribution in [2.45, 2.75) is 308 Å². The Hall–Kier alpha value is -1.47. The zero-order valence-corrected chi connectivity index (χ0v) is 41.4. The van der Waals surface area contributed by atoms with Gasteiger partial charge in [-0.3, -0.25) is 4.79 Å². The minimum absolute atomic E-state index is 0.353. The molecule has 0 aliphatic carbocycles. The van der Waals surface area contributed by atoms with Crippen molar-refractivity contribution in [3.8, 4) is 0 Å². The number of unbranched alkanes of at least 4 members (excludes halogenated alkanes) is 35. The van der Waals surface area contributed by atoms with Crippen LogP contribution < -0.4 is 5.32 Å². The summed E-state index contributed by atoms with van der Waals surface area (Å²) in [5, 5.41) is 43.9. The van der Waals surface area contributed by atoms with Crippen LogP contribution in [0.15, 0.2) is 36.5 Å². The van der Waals surface area contributed by atoms with Gasteiger partial charge < -0.3 is 25.7 Å². The van der Waals surface area contributed by atoms with Gasteiger partial charge in [-0.1, -0.05) is 243 Å². The fourth-order valence-corrected chi connectivity index (χ4v) is 8.48. The fourth-order valence-electron chi connectivity index (χ4n) is 8.48. The molecule has 4 unspecified atom stereocenters. The molecule has 4 atom stereocenters. The van der Waals surface area contributed by atoms with Crippen molar-refractivity contribution in [2.24, 2.45) is 0 Å². The number of allylic oxidation sites excluding steroid dienone is 6. The Bertz CT molecular complexity index is 981. The maximum Gasteiger partial charge on any atom is 0.249 e. The highest BCUT2D eigenvalue weighted by molar-refractivity contribution is 5.80. The van der Waals surface area contributed by atoms with E-state index < -0.39 is 36.9 Å². The van der Waals surface area contributed by atoms with Crippen molar-refractivity contribution < 1.29 is 25.2 Å². The Kier molecular flexibility index (Phi) is 49.3. The molecule has 0 aromatic rings. The Morgan fingerprint density at radius 3 is 1.02 bits per heavy atom. The van der Waals surface area contributed by atoms with E-state index >= 15 is 0 Å². The van der Waals surface area contributed by atoms with Crippen molar-refractivity contribution in [1.29, 1.82) is 0 Å². The third-order valence-electron chi connectivity index (χ3n) is 12.8. The summed E-state index contributed by atoms with van der Waals surface area (Å²) in [6, 6.07) is -1.01. The van der Waals surface area contributed by atoms with Crippen LogP contribution in [0.5, 0.6) is 0 Å². The highest BCUT2D eigenvalue weighted by Gasteiger charge is 2.28. The maximum atomic E-state index is 12.6. The first-order chi connectivity index (χ1) is 30.5. The average Bonchev–Trinajstić information content (AvgIpc) is 3.28. The molecule has 0 aromatic carbocycles. The molecular weight excluding hydrogens is 767 g/mol. The number of nitrogens with one attached hydrogen (secondary N) is 1. The molecular formula is C56H107NO5. The zero-order valence-electron chi connectivity index (χ0n) is 41.4. The van der Waals surface area contributed by atoms with Crippen LogP contribution in [0, 0.1) is 0 Å². The van der Waals surface area contributed by atoms with Gasteiger partial charge in [-0.2, -0.15) is 0 Å². The Morgan fingerprint density at radius 1 is 0.387 bits per heavy atom. The summed E-state index contributed by atoms with van der Waals surface area (Å²) in [5.41, 5.74) is 0. The highest BCUT2D eigenvalue weighted by atomic mass is 16.3. The standard InChI is InChI=1S/C56H107NO5/c1-3-5-7-9-11-13-15-17-19-21-23-24-25-26-27-28-29-30-31-32-34-35-37-39-41-43-45-47-49-53(59)55(61)52(51-58)57-56(62)54(60)50-48-46-44-42-40-38-36-33-22-20-18-16-14-12-10-8-6-4-2/h22,33-35,41,43,52-55,58-61H,3-21,23-32,36-40,42,44-51H2,1-2H3,(H,57,62)/b33-22-,35-34+,43-41+. The number of rotatable bonds is 50. The molecule has 0 heterocycles. The minimum atomic E-state index is -1.29. The van der Waals surface area contributed by atoms with E-state index in [1.54, 1.807) is 0 Å². The summed E-state index contributed by atoms with van der Waals surface area (Å²) in [4.78, 5) is 12.6. The van der Waals surface area contributed by atoms with Gasteiger partial charge in [-0.15, -0.1) is 0 Å². The average molecular weight is 874 g/mol. The molecule has 0 spiro atoms. The van der Waals surface area contributed by atoms with Gasteiger partial charge in [0.25, 0.3) is 0 Å². The van der Waals surface area contributed by atoms with Crippen LogP contribution in [-0.2, 0) is 4.79 Å². The van der Waals surface area contributed by atoms with Gasteiger partial charge in [-0.25, -0.2) is 0 Å². The predicted octanol–water partition coefficient (Wildman–Crippen LogP) is 15.6. The van der Waals surface area contributed by atoms with Crippen molar-refractivity contribution in [3.63, 3.8) is 0 Å². The molecule has 1 amide bonds. The van der Waals surface area contributed by atoms with Crippen LogP contribution in [0.2, 0.25) is 0 Å². The van der Waals surface area contributed by atoms with Crippen LogP contribution >= 0.6 is 0 Å². The number of hydrogen-bond donors (Lipinski definition) is 5. The summed E-state index contributed by atoms with van der Waals surface area (Å²) in [6.45, 7) is 4.06. The molecule has 0 saturated carbocycles. The predicted molar refractivity (Wildman–Crippen MR) is 270 cm³/mol. The number of aliphatic hydroxyl groups excluding tert-OH is 4. The maximum absolute atomic E-state index is 12.6. The van der Waals surface area contributed by atoms with Gasteiger partial charge in [0.05, 0.1) is 18.8 Å². The Morgan fingerprint density at radius 2 is 0.677 bits per heavy atom. The molecule has 0 rings (SSSR count). The first kappa shape index (κ1) is 60.5. The largest absolute Gasteiger partial charge is 0.394 e. The molecule has 6 nitrogen and oxygen atoms in total. The van der Waals surface area contributed by atoms with Gasteiger partial charge in [0.1, 0.15) is 12.2 Å². The van der Waals surface area contributed by atoms with E-state index in [9.17, 15) is 25.2 Å². The van der Waals surface area contributed by atoms with Crippen LogP contribution in [0.3, 0.4) is 0 Å². The molecule has 0 aromatic heterocycles. The summed E-state index contributed by atoms with van der Waals surface area (Å²) in [6.07, 6.45) is 62.1. The molecule has 0 bridgehead atoms. The normalized spacial score (nSPS) is 14.1. The van der Waals surface area contributed by atoms with E-state index in [1.165, 1.54) is 199 Å². The lowest BCUT2D eigenvalue weighted by atomic mass is 10.00. The second-order valence-corrected chi connectivity index (χ2v) is 18.9. The third kappa shape index (κ3) is 43.8. The van der Waals surface area contributed by atoms with Gasteiger partial charge in [0, 0.05) is 0 Å². The first-order valence-corrected chi connectivity index (χ1v) is 27.4. The molecule has 62 heavy (non-hydrogen) atoms. The minimum Gasteiger partial charge on any atom is -0.394 e. The number of carbonyl (C=O) groups is 1. The summed E-state index contributed by atoms with van der Waals surface area (Å²) in [7, 11) is 0. The summed E-state index contributed by atoms with van der Waals surface area (Å²) < 4.78 is 0. The Labute approximate surface area is 386 Å². The van der Waals surface area contributed by atoms with Crippen LogP contribution in [0.25, 0.3) is 0 Å². The zero-order chi connectivity index (χ0) is 45.2. The fraction of sp³-hybridized carbons (Fsp3) is 0.875. The number of hydrogen-bond acceptors (Lipinski definition) is 5. The van der Waals surface area contributed by atoms with Crippen LogP contribution in [0.1, 0.15) is 284 Å². The van der Waals surface area contributed by atoms with Crippen molar-refractivity contribution in [3.05, 3.63) is 36.5 Å². The smallest absolute Gasteiger partial charge is 0.249 e. The number of amides is 1. The van der Waals surface area contributed by atoms with Gasteiger partial charge >= 0.3 is 0 Å². The SMILES string of the molecule is CCCCCCCCCC/C=C\CCCCCCCCC(O)C(=O)NC(CO)C(O)C(O)CCC/C=C/CC/C=C/CCCCCCCCCCCCCCCCCCCCC. The van der Waals surface area contributed by atoms with Gasteiger partial charge in [0.15, 0.2) is 0 Å². The van der Waals surface area contributed by atoms with Crippen molar-refractivity contribution >= 4 is 5.91 Å². The molecule has 0 saturated heterocycles. The lowest BCUT2D eigenvalue weighted by Crippen LogP contribution is -2.53. The van der Waals surface area contributed by atoms with E-state index in [1.807, 2.05) is 0 Å². The lowest BCUT2D eigenvalue weighted by Gasteiger charge is -2.27. The molecule has 366 valence electrons. The highest BCUT2D eigenvalue weighted by Crippen LogP contribution is 2.17. The topological polar surface area (TPSA) is 110 Å². The van der Waals surface area contributed by atoms with Crippen LogP contribution in [0.4, 0.5) is 0 Å². The quantitative estimate of drug-likeness (QED) is 0.0309. The Balaban J connectivity index is 3.69. The van der Waals surface area contributed by atoms with Gasteiger partial charge in [0.2, 0.25) is 5.91 Å². The molecule has 5 N–H and O–H groups in total. The van der Waals surface area contributed by atoms with E-state index in [0.717, 1.165) is 51.4 Å². The molecule has 0 aliphatic heterocycles. The third-order valence-corrected chi connectivity index (χ3v) is 12.8. The van der Waals surface area contributed by atoms with E-state index in [0.29, 0.717) is 19.3 Å². The molecule has 6 heteroatoms. The molecule has 0 radical (unpaired) electrons. The first-order valence-electron chi connectivity index (χ1n) is 27.4. The van der Waals surface area contributed by atoms with Gasteiger partial charge in [-0.05, 0) is 77.0 Å².